The van der Waals surface area contributed by atoms with Crippen molar-refractivity contribution in [3.8, 4) is 6.07 Å². The zero-order chi connectivity index (χ0) is 16.5. The number of urea groups is 1. The first-order valence-corrected chi connectivity index (χ1v) is 7.23. The molecule has 22 heavy (non-hydrogen) atoms. The van der Waals surface area contributed by atoms with Crippen LogP contribution in [0, 0.1) is 17.2 Å². The highest BCUT2D eigenvalue weighted by Gasteiger charge is 2.15. The average Bonchev–Trinajstić information content (AvgIpc) is 2.47. The van der Waals surface area contributed by atoms with E-state index in [-0.39, 0.29) is 0 Å². The van der Waals surface area contributed by atoms with Crippen LogP contribution in [0.3, 0.4) is 0 Å². The molecule has 1 aromatic rings. The molecule has 0 bridgehead atoms. The van der Waals surface area contributed by atoms with Crippen LogP contribution < -0.4 is 16.0 Å². The summed E-state index contributed by atoms with van der Waals surface area (Å²) < 4.78 is 0. The fraction of sp³-hybridized carbons (Fsp3) is 0.438. The second-order valence-electron chi connectivity index (χ2n) is 5.49. The summed E-state index contributed by atoms with van der Waals surface area (Å²) in [6, 6.07) is 8.29. The Balaban J connectivity index is 2.46. The molecule has 3 amide bonds. The maximum Gasteiger partial charge on any atom is 0.321 e. The van der Waals surface area contributed by atoms with Gasteiger partial charge in [-0.25, -0.2) is 4.79 Å². The van der Waals surface area contributed by atoms with Crippen molar-refractivity contribution in [1.82, 2.24) is 10.6 Å². The normalized spacial score (nSPS) is 11.4. The fourth-order valence-electron chi connectivity index (χ4n) is 1.69. The Hall–Kier alpha value is -2.55. The highest BCUT2D eigenvalue weighted by atomic mass is 16.2. The van der Waals surface area contributed by atoms with Gasteiger partial charge in [0.1, 0.15) is 6.04 Å². The molecule has 0 aliphatic rings. The summed E-state index contributed by atoms with van der Waals surface area (Å²) in [6.07, 6.45) is 0.354. The van der Waals surface area contributed by atoms with E-state index in [4.69, 9.17) is 5.26 Å². The van der Waals surface area contributed by atoms with Gasteiger partial charge in [0.15, 0.2) is 0 Å². The molecule has 0 aromatic heterocycles. The monoisotopic (exact) mass is 302 g/mol. The molecule has 0 aliphatic heterocycles. The van der Waals surface area contributed by atoms with E-state index >= 15 is 0 Å². The Morgan fingerprint density at radius 1 is 1.18 bits per heavy atom. The van der Waals surface area contributed by atoms with Crippen molar-refractivity contribution < 1.29 is 9.59 Å². The van der Waals surface area contributed by atoms with Gasteiger partial charge >= 0.3 is 6.03 Å². The second-order valence-corrected chi connectivity index (χ2v) is 5.49. The van der Waals surface area contributed by atoms with Crippen LogP contribution in [-0.4, -0.2) is 24.5 Å². The summed E-state index contributed by atoms with van der Waals surface area (Å²) >= 11 is 0. The van der Waals surface area contributed by atoms with E-state index in [1.165, 1.54) is 0 Å². The molecular weight excluding hydrogens is 280 g/mol. The van der Waals surface area contributed by atoms with Crippen molar-refractivity contribution >= 4 is 17.6 Å². The lowest BCUT2D eigenvalue weighted by atomic mass is 10.1. The summed E-state index contributed by atoms with van der Waals surface area (Å²) in [6.45, 7) is 6.14. The molecule has 1 unspecified atom stereocenters. The van der Waals surface area contributed by atoms with Crippen LogP contribution in [0.1, 0.15) is 26.3 Å². The highest BCUT2D eigenvalue weighted by Crippen LogP contribution is 2.11. The van der Waals surface area contributed by atoms with Gasteiger partial charge in [0.25, 0.3) is 0 Å². The lowest BCUT2D eigenvalue weighted by Crippen LogP contribution is -2.46. The standard InChI is InChI=1S/C16H22N4O2/c1-11(2)10-18-16(22)20-15(21)12(3)19-14-6-4-13(5-7-14)8-9-17/h4-7,11-12,19H,8,10H2,1-3H3,(H2,18,20,21,22). The number of hydrogen-bond donors (Lipinski definition) is 3. The summed E-state index contributed by atoms with van der Waals surface area (Å²) in [5, 5.41) is 16.5. The Bertz CT molecular complexity index is 546. The number of imide groups is 1. The molecule has 1 rings (SSSR count). The van der Waals surface area contributed by atoms with Crippen molar-refractivity contribution in [3.63, 3.8) is 0 Å². The molecule has 1 atom stereocenters. The SMILES string of the molecule is CC(C)CNC(=O)NC(=O)C(C)Nc1ccc(CC#N)cc1. The minimum absolute atomic E-state index is 0.323. The van der Waals surface area contributed by atoms with Gasteiger partial charge in [-0.1, -0.05) is 26.0 Å². The predicted molar refractivity (Wildman–Crippen MR) is 85.2 cm³/mol. The molecule has 0 aliphatic carbocycles. The molecule has 0 saturated carbocycles. The van der Waals surface area contributed by atoms with Gasteiger partial charge in [0, 0.05) is 12.2 Å². The number of amides is 3. The molecule has 0 fully saturated rings. The number of hydrogen-bond acceptors (Lipinski definition) is 4. The second kappa shape index (κ2) is 8.67. The van der Waals surface area contributed by atoms with Gasteiger partial charge in [-0.15, -0.1) is 0 Å². The minimum Gasteiger partial charge on any atom is -0.374 e. The van der Waals surface area contributed by atoms with Crippen molar-refractivity contribution in [1.29, 1.82) is 5.26 Å². The average molecular weight is 302 g/mol. The fourth-order valence-corrected chi connectivity index (χ4v) is 1.69. The number of rotatable bonds is 6. The number of carbonyl (C=O) groups is 2. The van der Waals surface area contributed by atoms with Crippen molar-refractivity contribution in [2.45, 2.75) is 33.2 Å². The van der Waals surface area contributed by atoms with Gasteiger partial charge in [0.2, 0.25) is 5.91 Å². The Morgan fingerprint density at radius 3 is 2.36 bits per heavy atom. The van der Waals surface area contributed by atoms with E-state index in [2.05, 4.69) is 22.0 Å². The molecule has 0 heterocycles. The number of nitrogens with zero attached hydrogens (tertiary/aromatic N) is 1. The van der Waals surface area contributed by atoms with Crippen LogP contribution >= 0.6 is 0 Å². The summed E-state index contributed by atoms with van der Waals surface area (Å²) in [4.78, 5) is 23.4. The number of anilines is 1. The zero-order valence-corrected chi connectivity index (χ0v) is 13.1. The first-order valence-electron chi connectivity index (χ1n) is 7.23. The van der Waals surface area contributed by atoms with E-state index in [0.29, 0.717) is 18.9 Å². The van der Waals surface area contributed by atoms with Crippen LogP contribution in [-0.2, 0) is 11.2 Å². The lowest BCUT2D eigenvalue weighted by molar-refractivity contribution is -0.120. The summed E-state index contributed by atoms with van der Waals surface area (Å²) in [5.41, 5.74) is 1.67. The van der Waals surface area contributed by atoms with Crippen LogP contribution in [0.2, 0.25) is 0 Å². The first kappa shape index (κ1) is 17.5. The highest BCUT2D eigenvalue weighted by molar-refractivity contribution is 5.97. The number of carbonyl (C=O) groups excluding carboxylic acids is 2. The predicted octanol–water partition coefficient (Wildman–Crippen LogP) is 2.03. The third kappa shape index (κ3) is 6.27. The van der Waals surface area contributed by atoms with Crippen LogP contribution in [0.4, 0.5) is 10.5 Å². The van der Waals surface area contributed by atoms with Crippen molar-refractivity contribution in [2.75, 3.05) is 11.9 Å². The van der Waals surface area contributed by atoms with Gasteiger partial charge in [-0.2, -0.15) is 5.26 Å². The van der Waals surface area contributed by atoms with Gasteiger partial charge in [0.05, 0.1) is 12.5 Å². The molecular formula is C16H22N4O2. The number of benzene rings is 1. The van der Waals surface area contributed by atoms with Crippen molar-refractivity contribution in [2.24, 2.45) is 5.92 Å². The molecule has 118 valence electrons. The van der Waals surface area contributed by atoms with E-state index in [9.17, 15) is 9.59 Å². The molecule has 1 aromatic carbocycles. The first-order chi connectivity index (χ1) is 10.4. The third-order valence-corrected chi connectivity index (χ3v) is 2.92. The van der Waals surface area contributed by atoms with E-state index in [1.807, 2.05) is 26.0 Å². The Labute approximate surface area is 130 Å². The molecule has 6 heteroatoms. The van der Waals surface area contributed by atoms with Crippen LogP contribution in [0.15, 0.2) is 24.3 Å². The smallest absolute Gasteiger partial charge is 0.321 e. The van der Waals surface area contributed by atoms with E-state index < -0.39 is 18.0 Å². The Morgan fingerprint density at radius 2 is 1.82 bits per heavy atom. The Kier molecular flexibility index (Phi) is 6.90. The summed E-state index contributed by atoms with van der Waals surface area (Å²) in [7, 11) is 0. The molecule has 0 saturated heterocycles. The maximum atomic E-state index is 11.9. The molecule has 0 spiro atoms. The number of nitriles is 1. The van der Waals surface area contributed by atoms with E-state index in [1.54, 1.807) is 19.1 Å². The number of nitrogens with one attached hydrogen (secondary N) is 3. The molecule has 0 radical (unpaired) electrons. The van der Waals surface area contributed by atoms with E-state index in [0.717, 1.165) is 11.3 Å². The van der Waals surface area contributed by atoms with Gasteiger partial charge in [-0.05, 0) is 30.5 Å². The van der Waals surface area contributed by atoms with Gasteiger partial charge < -0.3 is 10.6 Å². The van der Waals surface area contributed by atoms with Crippen LogP contribution in [0.5, 0.6) is 0 Å². The maximum absolute atomic E-state index is 11.9. The third-order valence-electron chi connectivity index (χ3n) is 2.92. The largest absolute Gasteiger partial charge is 0.374 e. The van der Waals surface area contributed by atoms with Crippen LogP contribution in [0.25, 0.3) is 0 Å². The minimum atomic E-state index is -0.549. The molecule has 6 nitrogen and oxygen atoms in total. The lowest BCUT2D eigenvalue weighted by Gasteiger charge is -2.15. The zero-order valence-electron chi connectivity index (χ0n) is 13.1. The van der Waals surface area contributed by atoms with Gasteiger partial charge in [-0.3, -0.25) is 10.1 Å². The topological polar surface area (TPSA) is 94.0 Å². The summed E-state index contributed by atoms with van der Waals surface area (Å²) in [5.74, 6) is -0.0781. The van der Waals surface area contributed by atoms with Crippen molar-refractivity contribution in [3.05, 3.63) is 29.8 Å². The quantitative estimate of drug-likeness (QED) is 0.749. The molecule has 3 N–H and O–H groups in total.